The van der Waals surface area contributed by atoms with E-state index in [9.17, 15) is 38.0 Å². The van der Waals surface area contributed by atoms with Crippen LogP contribution in [-0.2, 0) is 62.3 Å². The van der Waals surface area contributed by atoms with Crippen LogP contribution in [-0.4, -0.2) is 82.7 Å². The van der Waals surface area contributed by atoms with Crippen molar-refractivity contribution in [1.29, 1.82) is 0 Å². The lowest BCUT2D eigenvalue weighted by Crippen LogP contribution is -2.23. The van der Waals surface area contributed by atoms with Gasteiger partial charge in [-0.3, -0.25) is 43.5 Å². The molecular weight excluding hydrogens is 1760 g/mol. The maximum atomic E-state index is 12.7. The predicted octanol–water partition coefficient (Wildman–Crippen LogP) is 22.9. The smallest absolute Gasteiger partial charge is 0.272 e. The molecule has 0 atom stereocenters. The highest BCUT2D eigenvalue weighted by Gasteiger charge is 2.19. The zero-order valence-electron chi connectivity index (χ0n) is 86.1. The van der Waals surface area contributed by atoms with Gasteiger partial charge in [0.25, 0.3) is 38.9 Å². The first-order chi connectivity index (χ1) is 62.2. The van der Waals surface area contributed by atoms with Gasteiger partial charge in [-0.15, -0.1) is 0 Å². The second-order valence-corrected chi connectivity index (χ2v) is 37.7. The Kier molecular flexibility index (Phi) is 48.9. The summed E-state index contributed by atoms with van der Waals surface area (Å²) >= 11 is 9.43. The van der Waals surface area contributed by atoms with Gasteiger partial charge in [-0.2, -0.15) is 15.0 Å². The first kappa shape index (κ1) is 116. The lowest BCUT2D eigenvalue weighted by atomic mass is 9.96. The quantitative estimate of drug-likeness (QED) is 0.0981. The fourth-order valence-electron chi connectivity index (χ4n) is 14.1. The van der Waals surface area contributed by atoms with Crippen molar-refractivity contribution in [2.75, 3.05) is 20.8 Å². The molecule has 0 unspecified atom stereocenters. The van der Waals surface area contributed by atoms with Gasteiger partial charge in [-0.25, -0.2) is 9.37 Å². The molecule has 0 saturated heterocycles. The van der Waals surface area contributed by atoms with E-state index in [1.807, 2.05) is 233 Å². The van der Waals surface area contributed by atoms with Gasteiger partial charge in [0.15, 0.2) is 0 Å². The lowest BCUT2D eigenvalue weighted by Gasteiger charge is -2.21. The Hall–Kier alpha value is -11.2. The van der Waals surface area contributed by atoms with Crippen molar-refractivity contribution in [3.63, 3.8) is 0 Å². The van der Waals surface area contributed by atoms with Crippen LogP contribution in [0.2, 0.25) is 5.02 Å². The molecule has 0 spiro atoms. The summed E-state index contributed by atoms with van der Waals surface area (Å²) in [6.07, 6.45) is 17.6. The summed E-state index contributed by atoms with van der Waals surface area (Å²) in [7, 11) is 15.5. The maximum absolute atomic E-state index is 12.7. The summed E-state index contributed by atoms with van der Waals surface area (Å²) in [5.41, 5.74) is 16.4. The molecule has 0 N–H and O–H groups in total. The van der Waals surface area contributed by atoms with Crippen LogP contribution in [0.3, 0.4) is 0 Å². The van der Waals surface area contributed by atoms with Crippen molar-refractivity contribution < 1.29 is 18.6 Å². The molecule has 0 radical (unpaired) electrons. The van der Waals surface area contributed by atoms with Crippen molar-refractivity contribution in [2.24, 2.45) is 49.3 Å². The molecule has 13 rings (SSSR count). The molecule has 10 aromatic heterocycles. The number of halogens is 3. The van der Waals surface area contributed by atoms with Crippen molar-refractivity contribution >= 4 is 38.3 Å². The standard InChI is InChI=1S/C12H12BrN.C12H16O.C10H15NO2.4C10H15NO.C9H12ClNO.C9H12FNO.C8H12N2O.C7H13N3/c1-8(2)12-11(13)10-6-4-3-5-9(10)7-14-12;1-9(2)11-7-3-5-10-6-4-8-13-12(10)11;1-7(2)9-8(13-4)5-6-11(3)10(9)12;1-7(2)9-5-8(3)6-11(4)10(9)12;1-7(2)9-8(3)5-6-11(4)10(9)12;1-7(2)9-6-5-8(3)11(4)10(9)12;1-4-11-7-5-6-9(8(2)3)10(11)12;1-6(2)8-4-7(10)5-11(3)9(8)12;1-6(2)8-4-7(10)5-11-9(8)12-3;1-6(2)7-8(11)10(3)5-4-9-7;1-5(2)7-6(3)8-10(4)9-7/h3-8H,1-2H3;3,5,7,9H,4,6,8H2,1-2H3;5-7H,1-4H3;3*5-7H,1-4H3;5-8H,4H2,1-3H3;2*4-6H,1-3H3;4-6H,1-3H3;5H,1-4H3. The van der Waals surface area contributed by atoms with Crippen LogP contribution in [0.4, 0.5) is 4.39 Å². The molecule has 0 aliphatic carbocycles. The van der Waals surface area contributed by atoms with Crippen molar-refractivity contribution in [3.05, 3.63) is 330 Å². The molecule has 12 aromatic rings. The third-order valence-electron chi connectivity index (χ3n) is 21.8. The third-order valence-corrected chi connectivity index (χ3v) is 22.8. The minimum atomic E-state index is -0.320. The number of pyridine rings is 8. The Labute approximate surface area is 803 Å². The molecule has 1 aliphatic heterocycles. The number of aromatic nitrogens is 13. The molecule has 0 saturated carbocycles. The van der Waals surface area contributed by atoms with E-state index in [2.05, 4.69) is 119 Å². The molecule has 26 heteroatoms. The number of hydrogen-bond acceptors (Lipinski definition) is 15. The number of methoxy groups -OCH3 is 2. The summed E-state index contributed by atoms with van der Waals surface area (Å²) in [5.74, 6) is 5.60. The summed E-state index contributed by atoms with van der Waals surface area (Å²) in [4.78, 5) is 94.7. The Morgan fingerprint density at radius 3 is 1.47 bits per heavy atom. The van der Waals surface area contributed by atoms with Crippen molar-refractivity contribution in [1.82, 2.24) is 61.9 Å². The number of hydrogen-bond donors (Lipinski definition) is 0. The van der Waals surface area contributed by atoms with Gasteiger partial charge in [0.1, 0.15) is 23.0 Å². The number of benzene rings is 2. The number of aryl methyl sites for hydroxylation is 12. The van der Waals surface area contributed by atoms with Crippen LogP contribution in [0.15, 0.2) is 191 Å². The van der Waals surface area contributed by atoms with Gasteiger partial charge in [0, 0.05) is 160 Å². The second-order valence-electron chi connectivity index (χ2n) is 36.5. The molecule has 0 fully saturated rings. The summed E-state index contributed by atoms with van der Waals surface area (Å²) in [5, 5.41) is 11.4. The van der Waals surface area contributed by atoms with E-state index in [1.54, 1.807) is 105 Å². The molecule has 0 amide bonds. The van der Waals surface area contributed by atoms with Gasteiger partial charge in [-0.1, -0.05) is 219 Å². The molecule has 23 nitrogen and oxygen atoms in total. The highest BCUT2D eigenvalue weighted by molar-refractivity contribution is 9.10. The largest absolute Gasteiger partial charge is 0.496 e. The fraction of sp³-hybridized carbons (Fsp3) is 0.477. The third kappa shape index (κ3) is 35.3. The number of fused-ring (bicyclic) bond motifs is 2. The molecule has 726 valence electrons. The van der Waals surface area contributed by atoms with Gasteiger partial charge in [0.2, 0.25) is 5.88 Å². The molecule has 0 bridgehead atoms. The van der Waals surface area contributed by atoms with Crippen molar-refractivity contribution in [3.8, 4) is 17.4 Å². The average molecular weight is 1910 g/mol. The van der Waals surface area contributed by atoms with Crippen LogP contribution in [0, 0.1) is 33.5 Å². The Morgan fingerprint density at radius 2 is 0.970 bits per heavy atom. The molecule has 133 heavy (non-hydrogen) atoms. The zero-order valence-corrected chi connectivity index (χ0v) is 88.5. The second kappa shape index (κ2) is 56.1. The molecule has 11 heterocycles. The number of nitrogens with zero attached hydrogens (tertiary/aromatic N) is 13. The van der Waals surface area contributed by atoms with Crippen LogP contribution >= 0.6 is 27.5 Å². The molecular formula is C107H152BrClFN13O10. The van der Waals surface area contributed by atoms with Gasteiger partial charge >= 0.3 is 0 Å². The number of rotatable bonds is 14. The maximum Gasteiger partial charge on any atom is 0.272 e. The minimum Gasteiger partial charge on any atom is -0.496 e. The van der Waals surface area contributed by atoms with Crippen LogP contribution < -0.4 is 53.1 Å². The van der Waals surface area contributed by atoms with Crippen molar-refractivity contribution in [2.45, 2.75) is 271 Å². The van der Waals surface area contributed by atoms with Gasteiger partial charge in [-0.05, 0) is 193 Å². The molecule has 1 aliphatic rings. The van der Waals surface area contributed by atoms with Gasteiger partial charge < -0.3 is 46.2 Å². The number of para-hydroxylation sites is 1. The Bertz CT molecular complexity index is 6070. The predicted molar refractivity (Wildman–Crippen MR) is 551 cm³/mol. The number of ether oxygens (including phenoxy) is 3. The van der Waals surface area contributed by atoms with E-state index in [-0.39, 0.29) is 68.4 Å². The van der Waals surface area contributed by atoms with Crippen LogP contribution in [0.5, 0.6) is 17.4 Å². The average Bonchev–Trinajstić information content (AvgIpc) is 1.17. The van der Waals surface area contributed by atoms with E-state index >= 15 is 0 Å². The first-order valence-corrected chi connectivity index (χ1v) is 47.1. The first-order valence-electron chi connectivity index (χ1n) is 45.9. The topological polar surface area (TPSA) is 251 Å². The highest BCUT2D eigenvalue weighted by Crippen LogP contribution is 2.34. The Balaban J connectivity index is 0.000000377. The van der Waals surface area contributed by atoms with Crippen LogP contribution in [0.25, 0.3) is 10.8 Å². The zero-order chi connectivity index (χ0) is 101. The minimum absolute atomic E-state index is 0.00231. The Morgan fingerprint density at radius 1 is 0.451 bits per heavy atom. The highest BCUT2D eigenvalue weighted by atomic mass is 79.9. The molecule has 2 aromatic carbocycles. The SMILES string of the molecule is CC(C)c1cc(Cl)cn(C)c1=O.CC(C)c1cccc2c1OCCC2.CC(C)c1ncc2ccccc2c1Br.CC(C)c1nccn(C)c1=O.CCn1cccc(C(C)C)c1=O.COc1ccn(C)c(=O)c1C(C)C.COc1ncc(F)cc1C(C)C.Cc1cc(C(C)C)c(=O)n(C)c1.Cc1ccc(C(C)C)c(=O)n1C.Cc1ccn(C)c(=O)c1C(C)C.Cc1nn(C)nc1C(C)C. The van der Waals surface area contributed by atoms with E-state index in [1.165, 1.54) is 46.1 Å². The van der Waals surface area contributed by atoms with E-state index < -0.39 is 0 Å². The summed E-state index contributed by atoms with van der Waals surface area (Å²) in [6, 6.07) is 31.5. The van der Waals surface area contributed by atoms with E-state index in [0.29, 0.717) is 63.8 Å². The van der Waals surface area contributed by atoms with Crippen LogP contribution in [0.1, 0.15) is 320 Å². The van der Waals surface area contributed by atoms with E-state index in [4.69, 9.17) is 25.8 Å². The van der Waals surface area contributed by atoms with Gasteiger partial charge in [0.05, 0.1) is 54.7 Å². The monoisotopic (exact) mass is 1910 g/mol. The lowest BCUT2D eigenvalue weighted by molar-refractivity contribution is 0.284. The fourth-order valence-corrected chi connectivity index (χ4v) is 15.2. The summed E-state index contributed by atoms with van der Waals surface area (Å²) < 4.78 is 41.0. The normalized spacial score (nSPS) is 11.2. The van der Waals surface area contributed by atoms with E-state index in [0.717, 1.165) is 109 Å². The summed E-state index contributed by atoms with van der Waals surface area (Å²) in [6.45, 7) is 56.6.